The lowest BCUT2D eigenvalue weighted by Gasteiger charge is -2.48. The van der Waals surface area contributed by atoms with Crippen LogP contribution in [0.1, 0.15) is 63.0 Å². The van der Waals surface area contributed by atoms with E-state index in [1.54, 1.807) is 25.7 Å². The number of hydrogen-bond acceptors (Lipinski definition) is 7. The van der Waals surface area contributed by atoms with E-state index in [0.29, 0.717) is 24.3 Å². The van der Waals surface area contributed by atoms with E-state index >= 15 is 8.78 Å². The lowest BCUT2D eigenvalue weighted by molar-refractivity contribution is 0.0164. The maximum atomic E-state index is 16.6. The molecule has 1 saturated heterocycles. The molecule has 3 aromatic rings. The summed E-state index contributed by atoms with van der Waals surface area (Å²) in [6.45, 7) is 16.9. The quantitative estimate of drug-likeness (QED) is 0.188. The number of nitrogens with zero attached hydrogens (tertiary/aromatic N) is 3. The van der Waals surface area contributed by atoms with Crippen LogP contribution in [-0.2, 0) is 21.1 Å². The van der Waals surface area contributed by atoms with Crippen LogP contribution in [0.5, 0.6) is 5.88 Å². The van der Waals surface area contributed by atoms with Crippen LogP contribution in [0, 0.1) is 11.6 Å². The number of primary amides is 1. The highest BCUT2D eigenvalue weighted by Crippen LogP contribution is 2.53. The molecule has 2 aliphatic heterocycles. The Morgan fingerprint density at radius 3 is 2.33 bits per heavy atom. The number of benzene rings is 2. The van der Waals surface area contributed by atoms with Crippen LogP contribution in [0.2, 0.25) is 23.2 Å². The number of ether oxygens (including phenoxy) is 2. The summed E-state index contributed by atoms with van der Waals surface area (Å²) in [6.07, 6.45) is 0.855. The van der Waals surface area contributed by atoms with Crippen molar-refractivity contribution in [2.75, 3.05) is 37.7 Å². The first kappa shape index (κ1) is 36.5. The number of anilines is 1. The average molecular weight is 715 g/mol. The maximum Gasteiger partial charge on any atom is 0.410 e. The van der Waals surface area contributed by atoms with Crippen molar-refractivity contribution in [2.45, 2.75) is 77.2 Å². The molecule has 1 fully saturated rings. The molecule has 1 aromatic heterocycles. The van der Waals surface area contributed by atoms with Gasteiger partial charge in [0.25, 0.3) is 11.8 Å². The summed E-state index contributed by atoms with van der Waals surface area (Å²) in [4.78, 5) is 33.8. The van der Waals surface area contributed by atoms with Gasteiger partial charge in [0.15, 0.2) is 14.1 Å². The summed E-state index contributed by atoms with van der Waals surface area (Å²) >= 11 is 6.70. The van der Waals surface area contributed by atoms with Gasteiger partial charge in [-0.3, -0.25) is 4.79 Å². The van der Waals surface area contributed by atoms with Gasteiger partial charge in [0.05, 0.1) is 29.3 Å². The molecule has 5 rings (SSSR count). The predicted molar refractivity (Wildman–Crippen MR) is 189 cm³/mol. The maximum absolute atomic E-state index is 16.6. The van der Waals surface area contributed by atoms with E-state index < -0.39 is 49.0 Å². The minimum atomic E-state index is -2.10. The lowest BCUT2D eigenvalue weighted by Crippen LogP contribution is -2.60. The van der Waals surface area contributed by atoms with Gasteiger partial charge in [-0.25, -0.2) is 18.6 Å². The standard InChI is InChI=1S/C36H45ClF2N4O5Si/c1-34(2,3)48-33(45)42-14-15-43-26-18-25(38)29(37)27(23(26)19-36(43,21-42)22-12-10-9-11-13-22)28-24(31(40)44)20-41-32(30(28)39)46-16-17-47-49(7,8)35(4,5)6/h9-13,18,20H,14-17,19,21H2,1-8H3,(H2,40,44). The topological polar surface area (TPSA) is 107 Å². The largest absolute Gasteiger partial charge is 0.473 e. The SMILES string of the molecule is CC(C)(C)OC(=O)N1CCN2c3cc(F)c(Cl)c(-c4c(C(N)=O)cnc(OCCO[Si](C)(C)C(C)(C)C)c4F)c3CC2(c2ccccc2)C1. The Balaban J connectivity index is 1.60. The van der Waals surface area contributed by atoms with Crippen molar-refractivity contribution in [3.63, 3.8) is 0 Å². The molecule has 3 heterocycles. The summed E-state index contributed by atoms with van der Waals surface area (Å²) in [7, 11) is -2.10. The Bertz CT molecular complexity index is 1760. The zero-order valence-corrected chi connectivity index (χ0v) is 31.1. The fraction of sp³-hybridized carbons (Fsp3) is 0.472. The lowest BCUT2D eigenvalue weighted by atomic mass is 9.82. The van der Waals surface area contributed by atoms with E-state index in [9.17, 15) is 9.59 Å². The van der Waals surface area contributed by atoms with Crippen LogP contribution in [0.25, 0.3) is 11.1 Å². The molecular formula is C36H45ClF2N4O5Si. The molecule has 1 unspecified atom stereocenters. The van der Waals surface area contributed by atoms with E-state index in [1.807, 2.05) is 35.2 Å². The van der Waals surface area contributed by atoms with Gasteiger partial charge in [0.2, 0.25) is 0 Å². The molecule has 2 aliphatic rings. The number of rotatable bonds is 8. The van der Waals surface area contributed by atoms with Crippen molar-refractivity contribution < 1.29 is 32.3 Å². The molecule has 0 spiro atoms. The van der Waals surface area contributed by atoms with Crippen LogP contribution < -0.4 is 15.4 Å². The first-order valence-corrected chi connectivity index (χ1v) is 19.6. The van der Waals surface area contributed by atoms with E-state index in [0.717, 1.165) is 11.8 Å². The molecular weight excluding hydrogens is 670 g/mol. The third-order valence-corrected chi connectivity index (χ3v) is 14.6. The summed E-state index contributed by atoms with van der Waals surface area (Å²) in [5.74, 6) is -3.15. The van der Waals surface area contributed by atoms with Gasteiger partial charge >= 0.3 is 6.09 Å². The van der Waals surface area contributed by atoms with Gasteiger partial charge in [0.1, 0.15) is 18.0 Å². The Morgan fingerprint density at radius 1 is 1.04 bits per heavy atom. The van der Waals surface area contributed by atoms with Crippen molar-refractivity contribution in [2.24, 2.45) is 5.73 Å². The number of nitrogens with two attached hydrogens (primary N) is 1. The molecule has 2 amide bonds. The summed E-state index contributed by atoms with van der Waals surface area (Å²) in [5.41, 5.74) is 5.40. The van der Waals surface area contributed by atoms with Crippen molar-refractivity contribution in [3.8, 4) is 17.0 Å². The van der Waals surface area contributed by atoms with Crippen LogP contribution in [0.15, 0.2) is 42.6 Å². The molecule has 13 heteroatoms. The van der Waals surface area contributed by atoms with Crippen LogP contribution in [0.3, 0.4) is 0 Å². The highest BCUT2D eigenvalue weighted by Gasteiger charge is 2.51. The van der Waals surface area contributed by atoms with E-state index in [1.165, 1.54) is 6.07 Å². The van der Waals surface area contributed by atoms with Gasteiger partial charge in [-0.2, -0.15) is 0 Å². The van der Waals surface area contributed by atoms with Crippen molar-refractivity contribution >= 4 is 37.6 Å². The minimum Gasteiger partial charge on any atom is -0.473 e. The number of pyridine rings is 1. The molecule has 2 N–H and O–H groups in total. The van der Waals surface area contributed by atoms with Crippen LogP contribution in [-0.4, -0.2) is 68.7 Å². The van der Waals surface area contributed by atoms with E-state index in [2.05, 4.69) is 38.8 Å². The third kappa shape index (κ3) is 7.00. The molecule has 49 heavy (non-hydrogen) atoms. The second-order valence-electron chi connectivity index (χ2n) is 15.2. The number of halogens is 3. The first-order valence-electron chi connectivity index (χ1n) is 16.3. The molecule has 0 aliphatic carbocycles. The molecule has 1 atom stereocenters. The molecule has 0 bridgehead atoms. The number of hydrogen-bond donors (Lipinski definition) is 1. The zero-order chi connectivity index (χ0) is 36.1. The summed E-state index contributed by atoms with van der Waals surface area (Å²) in [6, 6.07) is 10.9. The normalized spacial score (nSPS) is 17.9. The fourth-order valence-corrected chi connectivity index (χ4v) is 7.56. The number of amides is 2. The summed E-state index contributed by atoms with van der Waals surface area (Å²) in [5, 5.41) is -0.402. The molecule has 9 nitrogen and oxygen atoms in total. The highest BCUT2D eigenvalue weighted by atomic mass is 35.5. The van der Waals surface area contributed by atoms with Crippen molar-refractivity contribution in [1.82, 2.24) is 9.88 Å². The second-order valence-corrected chi connectivity index (χ2v) is 20.3. The van der Waals surface area contributed by atoms with Gasteiger partial charge in [-0.15, -0.1) is 0 Å². The second kappa shape index (κ2) is 13.2. The van der Waals surface area contributed by atoms with Gasteiger partial charge in [0, 0.05) is 42.5 Å². The number of carbonyl (C=O) groups excluding carboxylic acids is 2. The molecule has 2 aromatic carbocycles. The third-order valence-electron chi connectivity index (χ3n) is 9.68. The molecule has 0 radical (unpaired) electrons. The zero-order valence-electron chi connectivity index (χ0n) is 29.4. The minimum absolute atomic E-state index is 0.00776. The molecule has 0 saturated carbocycles. The smallest absolute Gasteiger partial charge is 0.410 e. The van der Waals surface area contributed by atoms with Gasteiger partial charge in [-0.05, 0) is 56.1 Å². The number of piperazine rings is 1. The summed E-state index contributed by atoms with van der Waals surface area (Å²) < 4.78 is 50.1. The Morgan fingerprint density at radius 2 is 1.71 bits per heavy atom. The number of fused-ring (bicyclic) bond motifs is 3. The Hall–Kier alpha value is -3.74. The van der Waals surface area contributed by atoms with E-state index in [4.69, 9.17) is 31.2 Å². The predicted octanol–water partition coefficient (Wildman–Crippen LogP) is 7.69. The number of carbonyl (C=O) groups is 2. The van der Waals surface area contributed by atoms with Gasteiger partial charge in [-0.1, -0.05) is 62.7 Å². The molecule has 264 valence electrons. The van der Waals surface area contributed by atoms with Crippen molar-refractivity contribution in [1.29, 1.82) is 0 Å². The van der Waals surface area contributed by atoms with Gasteiger partial charge < -0.3 is 29.4 Å². The number of aromatic nitrogens is 1. The Labute approximate surface area is 292 Å². The average Bonchev–Trinajstić information content (AvgIpc) is 3.34. The van der Waals surface area contributed by atoms with E-state index in [-0.39, 0.29) is 52.9 Å². The first-order chi connectivity index (χ1) is 22.8. The monoisotopic (exact) mass is 714 g/mol. The Kier molecular flexibility index (Phi) is 9.83. The van der Waals surface area contributed by atoms with Crippen LogP contribution >= 0.6 is 11.6 Å². The highest BCUT2D eigenvalue weighted by molar-refractivity contribution is 6.74. The van der Waals surface area contributed by atoms with Crippen LogP contribution in [0.4, 0.5) is 19.3 Å². The fourth-order valence-electron chi connectivity index (χ4n) is 6.27. The van der Waals surface area contributed by atoms with Crippen molar-refractivity contribution in [3.05, 3.63) is 75.9 Å².